The minimum atomic E-state index is -0.600. The minimum absolute atomic E-state index is 0.0408. The first kappa shape index (κ1) is 15.7. The van der Waals surface area contributed by atoms with Crippen molar-refractivity contribution < 1.29 is 19.1 Å². The SMILES string of the molecule is CC(=O)c1ccc(OCC(=O)Nc2sccc2C(N)=O)cc1. The minimum Gasteiger partial charge on any atom is -0.484 e. The van der Waals surface area contributed by atoms with Gasteiger partial charge in [-0.1, -0.05) is 0 Å². The van der Waals surface area contributed by atoms with Gasteiger partial charge in [-0.2, -0.15) is 0 Å². The van der Waals surface area contributed by atoms with Gasteiger partial charge < -0.3 is 15.8 Å². The van der Waals surface area contributed by atoms with Crippen LogP contribution in [-0.4, -0.2) is 24.2 Å². The molecule has 0 unspecified atom stereocenters. The molecule has 0 bridgehead atoms. The number of nitrogens with two attached hydrogens (primary N) is 1. The van der Waals surface area contributed by atoms with Crippen molar-refractivity contribution >= 4 is 33.9 Å². The lowest BCUT2D eigenvalue weighted by Gasteiger charge is -2.07. The van der Waals surface area contributed by atoms with Crippen LogP contribution in [0.25, 0.3) is 0 Å². The first-order chi connectivity index (χ1) is 10.5. The van der Waals surface area contributed by atoms with Gasteiger partial charge in [0, 0.05) is 5.56 Å². The number of nitrogens with one attached hydrogen (secondary N) is 1. The van der Waals surface area contributed by atoms with Crippen molar-refractivity contribution in [3.05, 3.63) is 46.8 Å². The van der Waals surface area contributed by atoms with Gasteiger partial charge in [-0.05, 0) is 42.6 Å². The molecule has 2 amide bonds. The summed E-state index contributed by atoms with van der Waals surface area (Å²) in [4.78, 5) is 34.1. The Bertz CT molecular complexity index is 707. The maximum atomic E-state index is 11.8. The van der Waals surface area contributed by atoms with Crippen molar-refractivity contribution in [3.63, 3.8) is 0 Å². The Morgan fingerprint density at radius 1 is 1.18 bits per heavy atom. The number of amides is 2. The third kappa shape index (κ3) is 3.92. The number of thiophene rings is 1. The molecular weight excluding hydrogens is 304 g/mol. The highest BCUT2D eigenvalue weighted by atomic mass is 32.1. The third-order valence-electron chi connectivity index (χ3n) is 2.81. The van der Waals surface area contributed by atoms with E-state index in [9.17, 15) is 14.4 Å². The molecule has 0 radical (unpaired) electrons. The van der Waals surface area contributed by atoms with Gasteiger partial charge >= 0.3 is 0 Å². The Labute approximate surface area is 130 Å². The molecule has 22 heavy (non-hydrogen) atoms. The molecule has 0 aliphatic heterocycles. The summed E-state index contributed by atoms with van der Waals surface area (Å²) >= 11 is 1.21. The predicted molar refractivity (Wildman–Crippen MR) is 83.4 cm³/mol. The van der Waals surface area contributed by atoms with Crippen molar-refractivity contribution in [2.24, 2.45) is 5.73 Å². The Kier molecular flexibility index (Phi) is 4.90. The zero-order chi connectivity index (χ0) is 16.1. The number of hydrogen-bond donors (Lipinski definition) is 2. The molecule has 2 rings (SSSR count). The predicted octanol–water partition coefficient (Wildman–Crippen LogP) is 2.07. The smallest absolute Gasteiger partial charge is 0.262 e. The van der Waals surface area contributed by atoms with Gasteiger partial charge in [0.2, 0.25) is 0 Å². The zero-order valence-corrected chi connectivity index (χ0v) is 12.6. The standard InChI is InChI=1S/C15H14N2O4S/c1-9(18)10-2-4-11(5-3-10)21-8-13(19)17-15-12(14(16)20)6-7-22-15/h2-7H,8H2,1H3,(H2,16,20)(H,17,19). The highest BCUT2D eigenvalue weighted by Gasteiger charge is 2.12. The number of carbonyl (C=O) groups excluding carboxylic acids is 3. The van der Waals surface area contributed by atoms with E-state index in [0.717, 1.165) is 0 Å². The summed E-state index contributed by atoms with van der Waals surface area (Å²) in [5.74, 6) is -0.569. The van der Waals surface area contributed by atoms with E-state index >= 15 is 0 Å². The molecule has 0 aliphatic carbocycles. The van der Waals surface area contributed by atoms with Crippen LogP contribution in [-0.2, 0) is 4.79 Å². The second-order valence-electron chi connectivity index (χ2n) is 4.45. The number of primary amides is 1. The van der Waals surface area contributed by atoms with Crippen molar-refractivity contribution in [3.8, 4) is 5.75 Å². The Hall–Kier alpha value is -2.67. The van der Waals surface area contributed by atoms with Gasteiger partial charge in [-0.25, -0.2) is 0 Å². The molecule has 3 N–H and O–H groups in total. The van der Waals surface area contributed by atoms with Crippen molar-refractivity contribution in [1.82, 2.24) is 0 Å². The second kappa shape index (κ2) is 6.86. The van der Waals surface area contributed by atoms with Gasteiger partial charge in [0.25, 0.3) is 11.8 Å². The zero-order valence-electron chi connectivity index (χ0n) is 11.8. The van der Waals surface area contributed by atoms with E-state index in [1.54, 1.807) is 35.7 Å². The van der Waals surface area contributed by atoms with E-state index in [1.165, 1.54) is 18.3 Å². The molecular formula is C15H14N2O4S. The lowest BCUT2D eigenvalue weighted by molar-refractivity contribution is -0.118. The molecule has 1 aromatic carbocycles. The summed E-state index contributed by atoms with van der Waals surface area (Å²) in [6.45, 7) is 1.26. The fourth-order valence-electron chi connectivity index (χ4n) is 1.70. The monoisotopic (exact) mass is 318 g/mol. The number of Topliss-reactive ketones (excluding diaryl/α,β-unsaturated/α-hetero) is 1. The Balaban J connectivity index is 1.91. The normalized spacial score (nSPS) is 10.0. The van der Waals surface area contributed by atoms with Crippen molar-refractivity contribution in [1.29, 1.82) is 0 Å². The highest BCUT2D eigenvalue weighted by molar-refractivity contribution is 7.14. The quantitative estimate of drug-likeness (QED) is 0.796. The van der Waals surface area contributed by atoms with Gasteiger partial charge in [0.1, 0.15) is 10.8 Å². The number of ether oxygens (including phenoxy) is 1. The second-order valence-corrected chi connectivity index (χ2v) is 5.36. The first-order valence-electron chi connectivity index (χ1n) is 6.38. The summed E-state index contributed by atoms with van der Waals surface area (Å²) < 4.78 is 5.32. The molecule has 0 fully saturated rings. The number of hydrogen-bond acceptors (Lipinski definition) is 5. The van der Waals surface area contributed by atoms with E-state index in [2.05, 4.69) is 5.32 Å². The lowest BCUT2D eigenvalue weighted by Crippen LogP contribution is -2.21. The van der Waals surface area contributed by atoms with Crippen LogP contribution < -0.4 is 15.8 Å². The molecule has 7 heteroatoms. The van der Waals surface area contributed by atoms with E-state index < -0.39 is 11.8 Å². The molecule has 1 aromatic heterocycles. The van der Waals surface area contributed by atoms with E-state index in [-0.39, 0.29) is 18.0 Å². The van der Waals surface area contributed by atoms with E-state index in [1.807, 2.05) is 0 Å². The fourth-order valence-corrected chi connectivity index (χ4v) is 2.51. The van der Waals surface area contributed by atoms with Crippen LogP contribution in [0.2, 0.25) is 0 Å². The molecule has 114 valence electrons. The van der Waals surface area contributed by atoms with Crippen LogP contribution in [0.4, 0.5) is 5.00 Å². The molecule has 0 atom stereocenters. The number of anilines is 1. The molecule has 6 nitrogen and oxygen atoms in total. The number of rotatable bonds is 6. The van der Waals surface area contributed by atoms with E-state index in [0.29, 0.717) is 16.3 Å². The van der Waals surface area contributed by atoms with Crippen LogP contribution in [0.15, 0.2) is 35.7 Å². The fraction of sp³-hybridized carbons (Fsp3) is 0.133. The molecule has 1 heterocycles. The highest BCUT2D eigenvalue weighted by Crippen LogP contribution is 2.22. The van der Waals surface area contributed by atoms with Crippen molar-refractivity contribution in [2.45, 2.75) is 6.92 Å². The number of ketones is 1. The van der Waals surface area contributed by atoms with Crippen LogP contribution in [0.1, 0.15) is 27.6 Å². The maximum absolute atomic E-state index is 11.8. The molecule has 0 spiro atoms. The summed E-state index contributed by atoms with van der Waals surface area (Å²) in [6, 6.07) is 8.03. The summed E-state index contributed by atoms with van der Waals surface area (Å²) in [6.07, 6.45) is 0. The molecule has 0 saturated heterocycles. The topological polar surface area (TPSA) is 98.5 Å². The van der Waals surface area contributed by atoms with Gasteiger partial charge in [-0.3, -0.25) is 14.4 Å². The van der Waals surface area contributed by atoms with Crippen LogP contribution >= 0.6 is 11.3 Å². The van der Waals surface area contributed by atoms with Gasteiger partial charge in [-0.15, -0.1) is 11.3 Å². The van der Waals surface area contributed by atoms with E-state index in [4.69, 9.17) is 10.5 Å². The van der Waals surface area contributed by atoms with Crippen molar-refractivity contribution in [2.75, 3.05) is 11.9 Å². The summed E-state index contributed by atoms with van der Waals surface area (Å²) in [7, 11) is 0. The number of benzene rings is 1. The maximum Gasteiger partial charge on any atom is 0.262 e. The summed E-state index contributed by atoms with van der Waals surface area (Å²) in [5, 5.41) is 4.63. The average molecular weight is 318 g/mol. The van der Waals surface area contributed by atoms with Crippen LogP contribution in [0.5, 0.6) is 5.75 Å². The molecule has 0 aliphatic rings. The Morgan fingerprint density at radius 2 is 1.86 bits per heavy atom. The first-order valence-corrected chi connectivity index (χ1v) is 7.26. The number of carbonyl (C=O) groups is 3. The van der Waals surface area contributed by atoms with Crippen LogP contribution in [0, 0.1) is 0 Å². The van der Waals surface area contributed by atoms with Gasteiger partial charge in [0.15, 0.2) is 12.4 Å². The summed E-state index contributed by atoms with van der Waals surface area (Å²) in [5.41, 5.74) is 6.03. The Morgan fingerprint density at radius 3 is 2.45 bits per heavy atom. The molecule has 0 saturated carbocycles. The van der Waals surface area contributed by atoms with Gasteiger partial charge in [0.05, 0.1) is 5.56 Å². The third-order valence-corrected chi connectivity index (χ3v) is 3.64. The molecule has 2 aromatic rings. The van der Waals surface area contributed by atoms with Crippen LogP contribution in [0.3, 0.4) is 0 Å². The lowest BCUT2D eigenvalue weighted by atomic mass is 10.1. The largest absolute Gasteiger partial charge is 0.484 e. The average Bonchev–Trinajstić information content (AvgIpc) is 2.94.